The number of carboxylic acid groups (broad SMARTS) is 1. The Morgan fingerprint density at radius 1 is 1.19 bits per heavy atom. The molecule has 3 aromatic rings. The molecule has 1 N–H and O–H groups in total. The predicted octanol–water partition coefficient (Wildman–Crippen LogP) is 4.75. The van der Waals surface area contributed by atoms with Gasteiger partial charge < -0.3 is 9.84 Å². The number of aromatic nitrogens is 1. The van der Waals surface area contributed by atoms with E-state index in [0.717, 1.165) is 22.2 Å². The Balaban J connectivity index is 1.74. The first-order valence-corrected chi connectivity index (χ1v) is 10.6. The zero-order chi connectivity index (χ0) is 22.8. The summed E-state index contributed by atoms with van der Waals surface area (Å²) in [6.07, 6.45) is 0.0401. The zero-order valence-corrected chi connectivity index (χ0v) is 18.5. The van der Waals surface area contributed by atoms with Gasteiger partial charge in [-0.2, -0.15) is 5.10 Å². The van der Waals surface area contributed by atoms with Crippen LogP contribution in [0.2, 0.25) is 5.15 Å². The molecule has 1 amide bonds. The van der Waals surface area contributed by atoms with Gasteiger partial charge in [0.1, 0.15) is 10.9 Å². The minimum atomic E-state index is -1.03. The third-order valence-corrected chi connectivity index (χ3v) is 5.74. The van der Waals surface area contributed by atoms with E-state index >= 15 is 0 Å². The number of hydrogen-bond donors (Lipinski definition) is 1. The molecule has 0 radical (unpaired) electrons. The summed E-state index contributed by atoms with van der Waals surface area (Å²) in [7, 11) is 1.58. The molecular formula is C24H22ClN3O4. The number of carbonyl (C=O) groups excluding carboxylic acids is 1. The second kappa shape index (κ2) is 8.96. The average molecular weight is 452 g/mol. The van der Waals surface area contributed by atoms with Gasteiger partial charge >= 0.3 is 5.97 Å². The fourth-order valence-corrected chi connectivity index (χ4v) is 4.08. The minimum Gasteiger partial charge on any atom is -0.497 e. The first kappa shape index (κ1) is 21.8. The van der Waals surface area contributed by atoms with Gasteiger partial charge in [-0.25, -0.2) is 9.99 Å². The van der Waals surface area contributed by atoms with E-state index < -0.39 is 12.0 Å². The Bertz CT molecular complexity index is 1240. The van der Waals surface area contributed by atoms with Crippen molar-refractivity contribution in [2.45, 2.75) is 32.2 Å². The minimum absolute atomic E-state index is 0.147. The average Bonchev–Trinajstić information content (AvgIpc) is 3.22. The largest absolute Gasteiger partial charge is 0.497 e. The fourth-order valence-electron chi connectivity index (χ4n) is 3.81. The Morgan fingerprint density at radius 2 is 2.00 bits per heavy atom. The summed E-state index contributed by atoms with van der Waals surface area (Å²) in [5, 5.41) is 16.1. The fraction of sp³-hybridized carbons (Fsp3) is 0.250. The third kappa shape index (κ3) is 4.43. The number of benzene rings is 2. The summed E-state index contributed by atoms with van der Waals surface area (Å²) in [6, 6.07) is 14.8. The molecule has 0 spiro atoms. The normalized spacial score (nSPS) is 15.7. The van der Waals surface area contributed by atoms with Gasteiger partial charge in [0.05, 0.1) is 30.8 Å². The maximum Gasteiger partial charge on any atom is 0.303 e. The molecule has 1 atom stereocenters. The monoisotopic (exact) mass is 451 g/mol. The van der Waals surface area contributed by atoms with Crippen LogP contribution in [0.1, 0.15) is 42.0 Å². The number of rotatable bonds is 6. The van der Waals surface area contributed by atoms with Gasteiger partial charge in [-0.1, -0.05) is 41.4 Å². The van der Waals surface area contributed by atoms with Crippen molar-refractivity contribution in [1.82, 2.24) is 9.99 Å². The van der Waals surface area contributed by atoms with E-state index in [4.69, 9.17) is 21.4 Å². The van der Waals surface area contributed by atoms with Crippen LogP contribution in [0.3, 0.4) is 0 Å². The number of aryl methyl sites for hydroxylation is 1. The number of carbonyl (C=O) groups is 2. The molecule has 8 heteroatoms. The number of hydrogen-bond acceptors (Lipinski definition) is 5. The van der Waals surface area contributed by atoms with E-state index in [1.807, 2.05) is 49.4 Å². The number of methoxy groups -OCH3 is 1. The van der Waals surface area contributed by atoms with Crippen molar-refractivity contribution in [1.29, 1.82) is 0 Å². The lowest BCUT2D eigenvalue weighted by Crippen LogP contribution is -2.27. The summed E-state index contributed by atoms with van der Waals surface area (Å²) in [5.74, 6) is -0.729. The molecule has 7 nitrogen and oxygen atoms in total. The highest BCUT2D eigenvalue weighted by atomic mass is 35.5. The Kier molecular flexibility index (Phi) is 6.10. The molecule has 2 heterocycles. The molecule has 1 unspecified atom stereocenters. The van der Waals surface area contributed by atoms with E-state index in [2.05, 4.69) is 10.1 Å². The summed E-state index contributed by atoms with van der Waals surface area (Å²) >= 11 is 6.56. The van der Waals surface area contributed by atoms with Crippen molar-refractivity contribution in [2.24, 2.45) is 5.10 Å². The predicted molar refractivity (Wildman–Crippen MR) is 122 cm³/mol. The number of amides is 1. The molecule has 0 aliphatic carbocycles. The lowest BCUT2D eigenvalue weighted by Gasteiger charge is -2.23. The summed E-state index contributed by atoms with van der Waals surface area (Å²) in [4.78, 5) is 28.4. The zero-order valence-electron chi connectivity index (χ0n) is 17.7. The maximum atomic E-state index is 12.9. The van der Waals surface area contributed by atoms with Crippen LogP contribution in [0.25, 0.3) is 10.9 Å². The van der Waals surface area contributed by atoms with Crippen LogP contribution in [-0.4, -0.2) is 39.8 Å². The molecule has 0 fully saturated rings. The number of fused-ring (bicyclic) bond motifs is 1. The number of carboxylic acids is 1. The van der Waals surface area contributed by atoms with Crippen LogP contribution >= 0.6 is 11.6 Å². The van der Waals surface area contributed by atoms with Crippen LogP contribution < -0.4 is 4.74 Å². The number of nitrogens with zero attached hydrogens (tertiary/aromatic N) is 3. The van der Waals surface area contributed by atoms with Gasteiger partial charge in [-0.3, -0.25) is 9.59 Å². The molecule has 1 aliphatic rings. The van der Waals surface area contributed by atoms with Crippen molar-refractivity contribution in [3.05, 3.63) is 70.4 Å². The number of aliphatic carboxylic acids is 1. The molecule has 2 aromatic carbocycles. The quantitative estimate of drug-likeness (QED) is 0.546. The first-order chi connectivity index (χ1) is 15.4. The highest BCUT2D eigenvalue weighted by Gasteiger charge is 2.35. The van der Waals surface area contributed by atoms with Crippen LogP contribution in [-0.2, 0) is 9.59 Å². The van der Waals surface area contributed by atoms with Crippen molar-refractivity contribution in [3.63, 3.8) is 0 Å². The molecule has 164 valence electrons. The lowest BCUT2D eigenvalue weighted by molar-refractivity contribution is -0.141. The number of halogens is 1. The highest BCUT2D eigenvalue weighted by Crippen LogP contribution is 2.38. The van der Waals surface area contributed by atoms with Crippen LogP contribution in [0.4, 0.5) is 0 Å². The summed E-state index contributed by atoms with van der Waals surface area (Å²) in [5.41, 5.74) is 4.09. The second-order valence-electron chi connectivity index (χ2n) is 7.70. The SMILES string of the molecule is COc1ccc2cc(C3CC(c4cccc(C)c4)=NN3C(=O)CCC(=O)O)c(Cl)nc2c1. The lowest BCUT2D eigenvalue weighted by atomic mass is 9.97. The van der Waals surface area contributed by atoms with Gasteiger partial charge in [-0.15, -0.1) is 0 Å². The van der Waals surface area contributed by atoms with Gasteiger partial charge in [0, 0.05) is 29.9 Å². The van der Waals surface area contributed by atoms with Crippen LogP contribution in [0.15, 0.2) is 53.6 Å². The van der Waals surface area contributed by atoms with Crippen LogP contribution in [0.5, 0.6) is 5.75 Å². The molecule has 0 bridgehead atoms. The van der Waals surface area contributed by atoms with Crippen molar-refractivity contribution < 1.29 is 19.4 Å². The van der Waals surface area contributed by atoms with E-state index in [1.165, 1.54) is 5.01 Å². The number of ether oxygens (including phenoxy) is 1. The summed E-state index contributed by atoms with van der Waals surface area (Å²) in [6.45, 7) is 1.99. The Labute approximate surface area is 190 Å². The van der Waals surface area contributed by atoms with Crippen molar-refractivity contribution in [2.75, 3.05) is 7.11 Å². The van der Waals surface area contributed by atoms with Crippen molar-refractivity contribution in [3.8, 4) is 5.75 Å². The van der Waals surface area contributed by atoms with Gasteiger partial charge in [0.25, 0.3) is 0 Å². The Morgan fingerprint density at radius 3 is 2.72 bits per heavy atom. The number of hydrazone groups is 1. The number of pyridine rings is 1. The first-order valence-electron chi connectivity index (χ1n) is 10.2. The smallest absolute Gasteiger partial charge is 0.303 e. The van der Waals surface area contributed by atoms with Gasteiger partial charge in [0.15, 0.2) is 0 Å². The van der Waals surface area contributed by atoms with E-state index in [-0.39, 0.29) is 23.9 Å². The van der Waals surface area contributed by atoms with Crippen LogP contribution in [0, 0.1) is 6.92 Å². The van der Waals surface area contributed by atoms with E-state index in [9.17, 15) is 9.59 Å². The molecule has 1 aromatic heterocycles. The van der Waals surface area contributed by atoms with E-state index in [1.54, 1.807) is 13.2 Å². The maximum absolute atomic E-state index is 12.9. The second-order valence-corrected chi connectivity index (χ2v) is 8.05. The molecular weight excluding hydrogens is 430 g/mol. The Hall–Kier alpha value is -3.45. The topological polar surface area (TPSA) is 92.1 Å². The molecule has 4 rings (SSSR count). The highest BCUT2D eigenvalue weighted by molar-refractivity contribution is 6.30. The molecule has 1 aliphatic heterocycles. The summed E-state index contributed by atoms with van der Waals surface area (Å²) < 4.78 is 5.26. The van der Waals surface area contributed by atoms with Gasteiger partial charge in [0.2, 0.25) is 5.91 Å². The molecule has 0 saturated carbocycles. The molecule has 0 saturated heterocycles. The van der Waals surface area contributed by atoms with E-state index in [0.29, 0.717) is 23.3 Å². The third-order valence-electron chi connectivity index (χ3n) is 5.43. The van der Waals surface area contributed by atoms with Crippen molar-refractivity contribution >= 4 is 40.1 Å². The van der Waals surface area contributed by atoms with Gasteiger partial charge in [-0.05, 0) is 30.7 Å². The standard InChI is InChI=1S/C24H22ClN3O4/c1-14-4-3-5-15(10-14)20-13-21(28(27-20)22(29)8-9-23(30)31)18-11-16-6-7-17(32-2)12-19(16)26-24(18)25/h3-7,10-12,21H,8-9,13H2,1-2H3,(H,30,31). The molecule has 32 heavy (non-hydrogen) atoms.